The Labute approximate surface area is 126 Å². The normalized spacial score (nSPS) is 13.3. The molecule has 0 bridgehead atoms. The van der Waals surface area contributed by atoms with Crippen molar-refractivity contribution in [2.75, 3.05) is 6.54 Å². The predicted octanol–water partition coefficient (Wildman–Crippen LogP) is 2.78. The number of benzene rings is 2. The summed E-state index contributed by atoms with van der Waals surface area (Å²) in [6, 6.07) is 15.4. The molecule has 0 fully saturated rings. The highest BCUT2D eigenvalue weighted by molar-refractivity contribution is 9.10. The quantitative estimate of drug-likeness (QED) is 0.844. The van der Waals surface area contributed by atoms with E-state index in [0.717, 1.165) is 23.0 Å². The zero-order valence-corrected chi connectivity index (χ0v) is 12.4. The summed E-state index contributed by atoms with van der Waals surface area (Å²) in [5.74, 6) is -0.0811. The van der Waals surface area contributed by atoms with Gasteiger partial charge in [-0.15, -0.1) is 10.1 Å². The van der Waals surface area contributed by atoms with Crippen LogP contribution in [0.15, 0.2) is 53.0 Å². The highest BCUT2D eigenvalue weighted by Crippen LogP contribution is 2.18. The first-order valence-corrected chi connectivity index (χ1v) is 7.28. The Balaban J connectivity index is 1.79. The molecular formula is C16H14BrN2O+. The van der Waals surface area contributed by atoms with Crippen molar-refractivity contribution in [2.24, 2.45) is 0 Å². The van der Waals surface area contributed by atoms with E-state index >= 15 is 0 Å². The van der Waals surface area contributed by atoms with E-state index in [-0.39, 0.29) is 5.91 Å². The molecule has 0 spiro atoms. The number of carbonyl (C=O) groups is 1. The average molecular weight is 330 g/mol. The van der Waals surface area contributed by atoms with Gasteiger partial charge in [0.15, 0.2) is 6.54 Å². The van der Waals surface area contributed by atoms with Crippen LogP contribution >= 0.6 is 15.9 Å². The number of amides is 1. The van der Waals surface area contributed by atoms with Gasteiger partial charge in [-0.05, 0) is 35.9 Å². The molecule has 20 heavy (non-hydrogen) atoms. The van der Waals surface area contributed by atoms with Gasteiger partial charge in [-0.2, -0.15) is 0 Å². The molecule has 1 heterocycles. The molecule has 0 aromatic heterocycles. The number of fused-ring (bicyclic) bond motifs is 1. The van der Waals surface area contributed by atoms with Gasteiger partial charge in [0, 0.05) is 22.0 Å². The number of nitrogens with one attached hydrogen (secondary N) is 1. The van der Waals surface area contributed by atoms with Crippen LogP contribution in [0, 0.1) is 0 Å². The van der Waals surface area contributed by atoms with Crippen LogP contribution in [0.4, 0.5) is 0 Å². The summed E-state index contributed by atoms with van der Waals surface area (Å²) in [6.07, 6.45) is 2.90. The third kappa shape index (κ3) is 2.80. The number of nitrogens with zero attached hydrogens (tertiary/aromatic N) is 1. The van der Waals surface area contributed by atoms with Crippen molar-refractivity contribution in [2.45, 2.75) is 6.42 Å². The molecule has 0 saturated heterocycles. The molecule has 2 aromatic rings. The Morgan fingerprint density at radius 1 is 1.15 bits per heavy atom. The molecule has 1 N–H and O–H groups in total. The number of rotatable bonds is 2. The lowest BCUT2D eigenvalue weighted by atomic mass is 10.0. The Morgan fingerprint density at radius 3 is 2.75 bits per heavy atom. The molecule has 3 rings (SSSR count). The van der Waals surface area contributed by atoms with Crippen molar-refractivity contribution in [3.05, 3.63) is 69.7 Å². The molecule has 0 saturated carbocycles. The lowest BCUT2D eigenvalue weighted by molar-refractivity contribution is -0.568. The van der Waals surface area contributed by atoms with Crippen LogP contribution in [0.2, 0.25) is 0 Å². The number of halogens is 1. The van der Waals surface area contributed by atoms with Crippen LogP contribution in [-0.4, -0.2) is 23.4 Å². The van der Waals surface area contributed by atoms with E-state index in [4.69, 9.17) is 0 Å². The summed E-state index contributed by atoms with van der Waals surface area (Å²) in [7, 11) is 0. The van der Waals surface area contributed by atoms with Crippen LogP contribution in [0.1, 0.15) is 21.5 Å². The van der Waals surface area contributed by atoms with Crippen LogP contribution in [0.5, 0.6) is 0 Å². The number of hydrogen-bond acceptors (Lipinski definition) is 1. The first-order chi connectivity index (χ1) is 9.72. The highest BCUT2D eigenvalue weighted by atomic mass is 79.9. The Bertz CT molecular complexity index is 680. The smallest absolute Gasteiger partial charge is 0.264 e. The summed E-state index contributed by atoms with van der Waals surface area (Å²) >= 11 is 3.48. The zero-order valence-electron chi connectivity index (χ0n) is 10.8. The molecule has 0 aliphatic carbocycles. The minimum absolute atomic E-state index is 0.0811. The second-order valence-electron chi connectivity index (χ2n) is 4.72. The van der Waals surface area contributed by atoms with E-state index in [9.17, 15) is 4.79 Å². The van der Waals surface area contributed by atoms with Crippen LogP contribution in [-0.2, 0) is 6.42 Å². The fourth-order valence-corrected chi connectivity index (χ4v) is 2.67. The number of hydrazone groups is 1. The van der Waals surface area contributed by atoms with Crippen molar-refractivity contribution in [3.8, 4) is 0 Å². The van der Waals surface area contributed by atoms with E-state index in [1.165, 1.54) is 5.56 Å². The molecule has 0 unspecified atom stereocenters. The minimum atomic E-state index is -0.0811. The molecule has 100 valence electrons. The number of hydrogen-bond donors (Lipinski definition) is 1. The third-order valence-electron chi connectivity index (χ3n) is 3.30. The molecular weight excluding hydrogens is 316 g/mol. The molecule has 0 atom stereocenters. The van der Waals surface area contributed by atoms with Gasteiger partial charge in [-0.25, -0.2) is 0 Å². The summed E-state index contributed by atoms with van der Waals surface area (Å²) in [4.78, 5) is 12.1. The van der Waals surface area contributed by atoms with E-state index in [1.807, 2.05) is 47.3 Å². The predicted molar refractivity (Wildman–Crippen MR) is 82.0 cm³/mol. The van der Waals surface area contributed by atoms with Gasteiger partial charge in [-0.3, -0.25) is 4.79 Å². The van der Waals surface area contributed by atoms with Crippen molar-refractivity contribution >= 4 is 28.1 Å². The average Bonchev–Trinajstić information content (AvgIpc) is 2.48. The monoisotopic (exact) mass is 329 g/mol. The molecule has 3 nitrogen and oxygen atoms in total. The maximum absolute atomic E-state index is 12.1. The largest absolute Gasteiger partial charge is 0.304 e. The Kier molecular flexibility index (Phi) is 3.65. The standard InChI is InChI=1S/C16H13BrN2O/c17-15-7-6-14-11-19(9-8-13(14)10-15)18-16(20)12-4-2-1-3-5-12/h1-7,10-11H,8-9H2/p+1. The summed E-state index contributed by atoms with van der Waals surface area (Å²) in [6.45, 7) is 0.780. The van der Waals surface area contributed by atoms with E-state index in [2.05, 4.69) is 33.5 Å². The second-order valence-corrected chi connectivity index (χ2v) is 5.64. The zero-order chi connectivity index (χ0) is 13.9. The fraction of sp³-hybridized carbons (Fsp3) is 0.125. The lowest BCUT2D eigenvalue weighted by Gasteiger charge is -2.12. The molecule has 2 aromatic carbocycles. The van der Waals surface area contributed by atoms with E-state index in [1.54, 1.807) is 0 Å². The summed E-state index contributed by atoms with van der Waals surface area (Å²) < 4.78 is 2.94. The SMILES string of the molecule is O=C(N[N+]1=Cc2ccc(Br)cc2CC1)c1ccccc1. The van der Waals surface area contributed by atoms with Gasteiger partial charge >= 0.3 is 5.91 Å². The van der Waals surface area contributed by atoms with Gasteiger partial charge in [-0.1, -0.05) is 34.1 Å². The van der Waals surface area contributed by atoms with Crippen LogP contribution < -0.4 is 5.43 Å². The van der Waals surface area contributed by atoms with E-state index < -0.39 is 0 Å². The second kappa shape index (κ2) is 5.59. The van der Waals surface area contributed by atoms with Crippen molar-refractivity contribution in [3.63, 3.8) is 0 Å². The maximum Gasteiger partial charge on any atom is 0.304 e. The maximum atomic E-state index is 12.1. The summed E-state index contributed by atoms with van der Waals surface area (Å²) in [5, 5.41) is 0. The van der Waals surface area contributed by atoms with Gasteiger partial charge < -0.3 is 0 Å². The van der Waals surface area contributed by atoms with Gasteiger partial charge in [0.2, 0.25) is 6.21 Å². The van der Waals surface area contributed by atoms with Crippen molar-refractivity contribution in [1.29, 1.82) is 0 Å². The first-order valence-electron chi connectivity index (χ1n) is 6.48. The Morgan fingerprint density at radius 2 is 1.95 bits per heavy atom. The third-order valence-corrected chi connectivity index (χ3v) is 3.80. The fourth-order valence-electron chi connectivity index (χ4n) is 2.26. The van der Waals surface area contributed by atoms with Gasteiger partial charge in [0.1, 0.15) is 0 Å². The highest BCUT2D eigenvalue weighted by Gasteiger charge is 2.19. The number of hydrazine groups is 1. The van der Waals surface area contributed by atoms with E-state index in [0.29, 0.717) is 5.56 Å². The molecule has 4 heteroatoms. The topological polar surface area (TPSA) is 32.1 Å². The number of carbonyl (C=O) groups excluding carboxylic acids is 1. The van der Waals surface area contributed by atoms with Crippen molar-refractivity contribution in [1.82, 2.24) is 5.43 Å². The van der Waals surface area contributed by atoms with Crippen LogP contribution in [0.3, 0.4) is 0 Å². The first kappa shape index (κ1) is 13.1. The Hall–Kier alpha value is -1.94. The molecule has 1 aliphatic heterocycles. The summed E-state index contributed by atoms with van der Waals surface area (Å²) in [5.41, 5.74) is 6.03. The minimum Gasteiger partial charge on any atom is -0.264 e. The molecule has 1 aliphatic rings. The van der Waals surface area contributed by atoms with Gasteiger partial charge in [0.25, 0.3) is 0 Å². The van der Waals surface area contributed by atoms with Gasteiger partial charge in [0.05, 0.1) is 0 Å². The molecule has 1 amide bonds. The lowest BCUT2D eigenvalue weighted by Crippen LogP contribution is -2.38. The molecule has 0 radical (unpaired) electrons. The van der Waals surface area contributed by atoms with Crippen LogP contribution in [0.25, 0.3) is 0 Å². The van der Waals surface area contributed by atoms with Crippen molar-refractivity contribution < 1.29 is 9.48 Å².